The molecule has 2 atom stereocenters. The number of carbonyl (C=O) groups is 2. The second-order valence-corrected chi connectivity index (χ2v) is 6.98. The average Bonchev–Trinajstić information content (AvgIpc) is 2.66. The van der Waals surface area contributed by atoms with Gasteiger partial charge in [0, 0.05) is 0 Å². The van der Waals surface area contributed by atoms with E-state index < -0.39 is 22.8 Å². The second-order valence-electron chi connectivity index (χ2n) is 6.98. The van der Waals surface area contributed by atoms with Gasteiger partial charge in [-0.25, -0.2) is 0 Å². The van der Waals surface area contributed by atoms with E-state index in [9.17, 15) is 14.7 Å². The van der Waals surface area contributed by atoms with Crippen LogP contribution in [0.1, 0.15) is 30.4 Å². The van der Waals surface area contributed by atoms with Crippen molar-refractivity contribution < 1.29 is 19.4 Å². The van der Waals surface area contributed by atoms with Crippen molar-refractivity contribution in [1.82, 2.24) is 0 Å². The van der Waals surface area contributed by atoms with Gasteiger partial charge in [0.15, 0.2) is 0 Å². The number of hydrogen-bond donors (Lipinski definition) is 1. The summed E-state index contributed by atoms with van der Waals surface area (Å²) in [5, 5.41) is 12.2. The first kappa shape index (κ1) is 15.9. The number of hydrogen-bond acceptors (Lipinski definition) is 3. The van der Waals surface area contributed by atoms with E-state index in [0.717, 1.165) is 21.9 Å². The highest BCUT2D eigenvalue weighted by Gasteiger charge is 2.65. The molecule has 0 amide bonds. The van der Waals surface area contributed by atoms with Crippen LogP contribution in [0, 0.1) is 5.41 Å². The molecule has 4 heteroatoms. The number of methoxy groups -OCH3 is 1. The van der Waals surface area contributed by atoms with E-state index >= 15 is 0 Å². The summed E-state index contributed by atoms with van der Waals surface area (Å²) in [6.45, 7) is 0. The molecule has 2 aliphatic rings. The van der Waals surface area contributed by atoms with E-state index in [1.165, 1.54) is 7.11 Å². The monoisotopic (exact) mass is 336 g/mol. The van der Waals surface area contributed by atoms with Gasteiger partial charge in [-0.15, -0.1) is 0 Å². The largest absolute Gasteiger partial charge is 0.481 e. The highest BCUT2D eigenvalue weighted by molar-refractivity contribution is 6.00. The van der Waals surface area contributed by atoms with Crippen molar-refractivity contribution in [3.8, 4) is 0 Å². The minimum Gasteiger partial charge on any atom is -0.481 e. The van der Waals surface area contributed by atoms with Gasteiger partial charge in [-0.1, -0.05) is 48.6 Å². The number of benzene rings is 2. The van der Waals surface area contributed by atoms with Gasteiger partial charge in [0.25, 0.3) is 0 Å². The summed E-state index contributed by atoms with van der Waals surface area (Å²) in [5.74, 6) is -1.36. The molecule has 0 spiro atoms. The Hall–Kier alpha value is -2.62. The minimum atomic E-state index is -1.18. The third-order valence-corrected chi connectivity index (χ3v) is 6.08. The van der Waals surface area contributed by atoms with Crippen LogP contribution in [0.3, 0.4) is 0 Å². The van der Waals surface area contributed by atoms with Gasteiger partial charge in [0.2, 0.25) is 0 Å². The third kappa shape index (κ3) is 1.88. The molecule has 0 radical (unpaired) electrons. The Labute approximate surface area is 146 Å². The Kier molecular flexibility index (Phi) is 3.46. The van der Waals surface area contributed by atoms with Crippen LogP contribution < -0.4 is 0 Å². The molecule has 0 saturated heterocycles. The molecular weight excluding hydrogens is 316 g/mol. The number of carbonyl (C=O) groups excluding carboxylic acids is 1. The lowest BCUT2D eigenvalue weighted by Crippen LogP contribution is -2.59. The van der Waals surface area contributed by atoms with Crippen molar-refractivity contribution in [2.75, 3.05) is 7.11 Å². The van der Waals surface area contributed by atoms with Crippen molar-refractivity contribution in [2.24, 2.45) is 5.41 Å². The Balaban J connectivity index is 2.15. The van der Waals surface area contributed by atoms with Crippen LogP contribution in [-0.4, -0.2) is 24.2 Å². The molecule has 2 aromatic rings. The first-order chi connectivity index (χ1) is 12.1. The lowest BCUT2D eigenvalue weighted by Gasteiger charge is -2.51. The molecule has 25 heavy (non-hydrogen) atoms. The molecule has 0 unspecified atom stereocenters. The molecule has 0 aromatic heterocycles. The molecule has 4 nitrogen and oxygen atoms in total. The number of allylic oxidation sites excluding steroid dienone is 2. The van der Waals surface area contributed by atoms with Gasteiger partial charge in [0.05, 0.1) is 12.5 Å². The van der Waals surface area contributed by atoms with Crippen molar-refractivity contribution in [1.29, 1.82) is 0 Å². The predicted octanol–water partition coefficient (Wildman–Crippen LogP) is 3.62. The highest BCUT2D eigenvalue weighted by Crippen LogP contribution is 2.58. The zero-order valence-corrected chi connectivity index (χ0v) is 14.1. The van der Waals surface area contributed by atoms with E-state index in [1.807, 2.05) is 48.6 Å². The Morgan fingerprint density at radius 1 is 1.08 bits per heavy atom. The summed E-state index contributed by atoms with van der Waals surface area (Å²) in [7, 11) is 1.35. The molecule has 128 valence electrons. The van der Waals surface area contributed by atoms with Gasteiger partial charge in [0.1, 0.15) is 5.41 Å². The fraction of sp³-hybridized carbons (Fsp3) is 0.333. The fourth-order valence-electron chi connectivity index (χ4n) is 4.88. The second kappa shape index (κ2) is 5.45. The van der Waals surface area contributed by atoms with Crippen molar-refractivity contribution in [3.05, 3.63) is 59.7 Å². The third-order valence-electron chi connectivity index (χ3n) is 6.08. The summed E-state index contributed by atoms with van der Waals surface area (Å²) >= 11 is 0. The van der Waals surface area contributed by atoms with Gasteiger partial charge in [-0.05, 0) is 47.6 Å². The summed E-state index contributed by atoms with van der Waals surface area (Å²) in [5.41, 5.74) is -0.449. The zero-order valence-electron chi connectivity index (χ0n) is 14.1. The SMILES string of the molecule is COC(=O)[C@]12CC=CC[C@@]1(C(=O)O)CCc1ccc3ccccc3c12. The fourth-order valence-corrected chi connectivity index (χ4v) is 4.88. The number of carboxylic acids is 1. The molecule has 0 bridgehead atoms. The number of ether oxygens (including phenoxy) is 1. The number of carboxylic acid groups (broad SMARTS) is 1. The van der Waals surface area contributed by atoms with Gasteiger partial charge >= 0.3 is 11.9 Å². The number of rotatable bonds is 2. The Bertz CT molecular complexity index is 913. The van der Waals surface area contributed by atoms with Crippen molar-refractivity contribution >= 4 is 22.7 Å². The number of fused-ring (bicyclic) bond motifs is 5. The Morgan fingerprint density at radius 2 is 1.84 bits per heavy atom. The van der Waals surface area contributed by atoms with E-state index in [2.05, 4.69) is 0 Å². The van der Waals surface area contributed by atoms with Crippen LogP contribution in [0.15, 0.2) is 48.6 Å². The van der Waals surface area contributed by atoms with Crippen LogP contribution in [0.4, 0.5) is 0 Å². The first-order valence-electron chi connectivity index (χ1n) is 8.55. The van der Waals surface area contributed by atoms with Crippen molar-refractivity contribution in [2.45, 2.75) is 31.1 Å². The van der Waals surface area contributed by atoms with Gasteiger partial charge in [-0.2, -0.15) is 0 Å². The van der Waals surface area contributed by atoms with E-state index in [1.54, 1.807) is 0 Å². The maximum absolute atomic E-state index is 13.1. The topological polar surface area (TPSA) is 63.6 Å². The summed E-state index contributed by atoms with van der Waals surface area (Å²) in [4.78, 5) is 25.6. The minimum absolute atomic E-state index is 0.347. The molecule has 0 heterocycles. The molecule has 2 aliphatic carbocycles. The normalized spacial score (nSPS) is 27.4. The van der Waals surface area contributed by atoms with Gasteiger partial charge in [-0.3, -0.25) is 9.59 Å². The molecule has 4 rings (SSSR count). The average molecular weight is 336 g/mol. The molecule has 2 aromatic carbocycles. The lowest BCUT2D eigenvalue weighted by atomic mass is 9.49. The van der Waals surface area contributed by atoms with Crippen LogP contribution >= 0.6 is 0 Å². The smallest absolute Gasteiger partial charge is 0.317 e. The number of aliphatic carboxylic acids is 1. The standard InChI is InChI=1S/C21H20O4/c1-25-19(24)21-12-5-4-11-20(21,18(22)23)13-10-15-9-8-14-6-2-3-7-16(14)17(15)21/h2-9H,10-13H2,1H3,(H,22,23)/t20-,21+/m0/s1. The Morgan fingerprint density at radius 3 is 2.60 bits per heavy atom. The maximum atomic E-state index is 13.1. The molecule has 1 N–H and O–H groups in total. The van der Waals surface area contributed by atoms with Crippen LogP contribution in [0.25, 0.3) is 10.8 Å². The van der Waals surface area contributed by atoms with E-state index in [0.29, 0.717) is 25.7 Å². The van der Waals surface area contributed by atoms with Gasteiger partial charge < -0.3 is 9.84 Å². The molecule has 0 fully saturated rings. The summed E-state index contributed by atoms with van der Waals surface area (Å²) < 4.78 is 5.19. The summed E-state index contributed by atoms with van der Waals surface area (Å²) in [6, 6.07) is 11.9. The molecule has 0 saturated carbocycles. The maximum Gasteiger partial charge on any atom is 0.317 e. The number of esters is 1. The lowest BCUT2D eigenvalue weighted by molar-refractivity contribution is -0.170. The number of aryl methyl sites for hydroxylation is 1. The molecule has 0 aliphatic heterocycles. The predicted molar refractivity (Wildman–Crippen MR) is 94.4 cm³/mol. The quantitative estimate of drug-likeness (QED) is 0.672. The van der Waals surface area contributed by atoms with Crippen LogP contribution in [-0.2, 0) is 26.2 Å². The van der Waals surface area contributed by atoms with E-state index in [4.69, 9.17) is 4.74 Å². The highest BCUT2D eigenvalue weighted by atomic mass is 16.5. The summed E-state index contributed by atoms with van der Waals surface area (Å²) in [6.07, 6.45) is 5.61. The van der Waals surface area contributed by atoms with Crippen molar-refractivity contribution in [3.63, 3.8) is 0 Å². The molecular formula is C21H20O4. The van der Waals surface area contributed by atoms with Crippen LogP contribution in [0.5, 0.6) is 0 Å². The zero-order chi connectivity index (χ0) is 17.7. The van der Waals surface area contributed by atoms with Crippen LogP contribution in [0.2, 0.25) is 0 Å². The van der Waals surface area contributed by atoms with E-state index in [-0.39, 0.29) is 0 Å². The first-order valence-corrected chi connectivity index (χ1v) is 8.55.